The van der Waals surface area contributed by atoms with Gasteiger partial charge < -0.3 is 15.1 Å². The zero-order chi connectivity index (χ0) is 22.5. The molecule has 0 unspecified atom stereocenters. The highest BCUT2D eigenvalue weighted by atomic mass is 16.3. The summed E-state index contributed by atoms with van der Waals surface area (Å²) in [5.74, 6) is -1.68. The Hall–Kier alpha value is -3.94. The molecule has 0 aliphatic heterocycles. The van der Waals surface area contributed by atoms with Crippen LogP contribution in [0.5, 0.6) is 11.8 Å². The molecule has 8 nitrogen and oxygen atoms in total. The van der Waals surface area contributed by atoms with Crippen LogP contribution in [0.4, 0.5) is 5.69 Å². The van der Waals surface area contributed by atoms with Gasteiger partial charge in [-0.3, -0.25) is 14.2 Å². The number of aromatic nitrogens is 1. The van der Waals surface area contributed by atoms with Gasteiger partial charge in [0, 0.05) is 47.2 Å². The van der Waals surface area contributed by atoms with E-state index in [9.17, 15) is 19.8 Å². The van der Waals surface area contributed by atoms with E-state index >= 15 is 0 Å². The molecular formula is C23H24N4O4. The van der Waals surface area contributed by atoms with Crippen LogP contribution in [0.2, 0.25) is 0 Å². The monoisotopic (exact) mass is 420 g/mol. The first-order valence-corrected chi connectivity index (χ1v) is 9.91. The van der Waals surface area contributed by atoms with Crippen molar-refractivity contribution in [1.82, 2.24) is 4.57 Å². The van der Waals surface area contributed by atoms with E-state index in [0.717, 1.165) is 18.8 Å². The highest BCUT2D eigenvalue weighted by Crippen LogP contribution is 2.36. The predicted molar refractivity (Wildman–Crippen MR) is 119 cm³/mol. The molecule has 0 saturated carbocycles. The molecule has 0 spiro atoms. The van der Waals surface area contributed by atoms with Crippen LogP contribution in [0.1, 0.15) is 34.6 Å². The maximum atomic E-state index is 12.4. The zero-order valence-electron chi connectivity index (χ0n) is 17.4. The van der Waals surface area contributed by atoms with Gasteiger partial charge in [-0.15, -0.1) is 16.8 Å². The highest BCUT2D eigenvalue weighted by Gasteiger charge is 2.17. The summed E-state index contributed by atoms with van der Waals surface area (Å²) in [6.45, 7) is 9.60. The number of hydrogen-bond acceptors (Lipinski definition) is 5. The fourth-order valence-corrected chi connectivity index (χ4v) is 3.36. The van der Waals surface area contributed by atoms with Crippen LogP contribution in [0.15, 0.2) is 65.3 Å². The van der Waals surface area contributed by atoms with Crippen LogP contribution in [-0.2, 0) is 6.54 Å². The molecule has 3 aromatic rings. The normalized spacial score (nSPS) is 11.2. The molecule has 2 aromatic carbocycles. The molecule has 1 heterocycles. The Labute approximate surface area is 179 Å². The van der Waals surface area contributed by atoms with Crippen molar-refractivity contribution in [3.8, 4) is 11.8 Å². The quantitative estimate of drug-likeness (QED) is 0.432. The standard InChI is InChI=1S/C23H24N4O4/c1-4-13-27-22(30)18-12-9-16(14-19(18)23(27)31)21(29)25-24-20(28)15-7-10-17(11-8-15)26(5-2)6-3/h4,7-12,14,30-31H,1,5-6,13H2,2-3H3. The van der Waals surface area contributed by atoms with Gasteiger partial charge in [0.2, 0.25) is 11.8 Å². The maximum absolute atomic E-state index is 12.4. The lowest BCUT2D eigenvalue weighted by Crippen LogP contribution is -2.21. The van der Waals surface area contributed by atoms with Crippen LogP contribution >= 0.6 is 0 Å². The lowest BCUT2D eigenvalue weighted by molar-refractivity contribution is 0.0947. The number of benzene rings is 2. The van der Waals surface area contributed by atoms with Crippen LogP contribution in [0.3, 0.4) is 0 Å². The summed E-state index contributed by atoms with van der Waals surface area (Å²) in [4.78, 5) is 26.8. The first-order chi connectivity index (χ1) is 14.9. The molecule has 0 fully saturated rings. The van der Waals surface area contributed by atoms with Crippen molar-refractivity contribution in [3.05, 3.63) is 66.2 Å². The van der Waals surface area contributed by atoms with Gasteiger partial charge in [-0.25, -0.2) is 0 Å². The Morgan fingerprint density at radius 2 is 1.48 bits per heavy atom. The summed E-state index contributed by atoms with van der Waals surface area (Å²) < 4.78 is 1.26. The van der Waals surface area contributed by atoms with Crippen molar-refractivity contribution in [2.24, 2.45) is 10.2 Å². The summed E-state index contributed by atoms with van der Waals surface area (Å²) in [5, 5.41) is 28.2. The van der Waals surface area contributed by atoms with Gasteiger partial charge in [0.1, 0.15) is 0 Å². The number of allylic oxidation sites excluding steroid dienone is 1. The fourth-order valence-electron chi connectivity index (χ4n) is 3.36. The molecule has 0 saturated heterocycles. The van der Waals surface area contributed by atoms with E-state index in [2.05, 4.69) is 35.6 Å². The van der Waals surface area contributed by atoms with Gasteiger partial charge in [0.25, 0.3) is 11.8 Å². The van der Waals surface area contributed by atoms with Gasteiger partial charge in [-0.1, -0.05) is 6.08 Å². The minimum atomic E-state index is -0.731. The molecule has 1 aromatic heterocycles. The number of carbonyl (C=O) groups is 2. The van der Waals surface area contributed by atoms with Crippen LogP contribution < -0.4 is 4.90 Å². The first-order valence-electron chi connectivity index (χ1n) is 9.91. The Kier molecular flexibility index (Phi) is 6.49. The number of fused-ring (bicyclic) bond motifs is 1. The van der Waals surface area contributed by atoms with Gasteiger partial charge in [-0.05, 0) is 56.3 Å². The van der Waals surface area contributed by atoms with E-state index < -0.39 is 11.8 Å². The van der Waals surface area contributed by atoms with E-state index in [0.29, 0.717) is 16.3 Å². The van der Waals surface area contributed by atoms with Gasteiger partial charge in [0.05, 0.1) is 0 Å². The first kappa shape index (κ1) is 21.8. The van der Waals surface area contributed by atoms with E-state index in [1.807, 2.05) is 12.1 Å². The number of carbonyl (C=O) groups excluding carboxylic acids is 2. The van der Waals surface area contributed by atoms with E-state index in [4.69, 9.17) is 0 Å². The number of amides is 2. The minimum absolute atomic E-state index is 0.128. The molecular weight excluding hydrogens is 396 g/mol. The molecule has 31 heavy (non-hydrogen) atoms. The summed E-state index contributed by atoms with van der Waals surface area (Å²) in [5.41, 5.74) is 1.45. The molecule has 0 bridgehead atoms. The second-order valence-electron chi connectivity index (χ2n) is 6.84. The van der Waals surface area contributed by atoms with E-state index in [1.165, 1.54) is 28.8 Å². The molecule has 3 rings (SSSR count). The average molecular weight is 420 g/mol. The van der Waals surface area contributed by atoms with Crippen molar-refractivity contribution in [3.63, 3.8) is 0 Å². The smallest absolute Gasteiger partial charge is 0.295 e. The lowest BCUT2D eigenvalue weighted by atomic mass is 10.1. The van der Waals surface area contributed by atoms with Crippen molar-refractivity contribution in [2.45, 2.75) is 20.4 Å². The Morgan fingerprint density at radius 1 is 0.935 bits per heavy atom. The highest BCUT2D eigenvalue weighted by molar-refractivity contribution is 6.03. The van der Waals surface area contributed by atoms with E-state index in [-0.39, 0.29) is 23.9 Å². The SMILES string of the molecule is C=CCn1c(O)c2ccc(C(=O)N=NC(=O)c3ccc(N(CC)CC)cc3)cc2c1O. The van der Waals surface area contributed by atoms with Gasteiger partial charge in [-0.2, -0.15) is 0 Å². The minimum Gasteiger partial charge on any atom is -0.494 e. The van der Waals surface area contributed by atoms with E-state index in [1.54, 1.807) is 12.1 Å². The Balaban J connectivity index is 1.79. The van der Waals surface area contributed by atoms with Crippen molar-refractivity contribution in [1.29, 1.82) is 0 Å². The largest absolute Gasteiger partial charge is 0.494 e. The number of aromatic hydroxyl groups is 2. The summed E-state index contributed by atoms with van der Waals surface area (Å²) in [7, 11) is 0. The Morgan fingerprint density at radius 3 is 2.06 bits per heavy atom. The maximum Gasteiger partial charge on any atom is 0.295 e. The molecule has 2 N–H and O–H groups in total. The molecule has 0 radical (unpaired) electrons. The summed E-state index contributed by atoms with van der Waals surface area (Å²) >= 11 is 0. The topological polar surface area (TPSA) is 107 Å². The third-order valence-corrected chi connectivity index (χ3v) is 5.05. The molecule has 2 amide bonds. The third kappa shape index (κ3) is 4.32. The van der Waals surface area contributed by atoms with Gasteiger partial charge >= 0.3 is 0 Å². The number of rotatable bonds is 7. The predicted octanol–water partition coefficient (Wildman–Crippen LogP) is 4.52. The van der Waals surface area contributed by atoms with Crippen molar-refractivity contribution in [2.75, 3.05) is 18.0 Å². The van der Waals surface area contributed by atoms with Crippen LogP contribution in [0.25, 0.3) is 10.8 Å². The molecule has 160 valence electrons. The third-order valence-electron chi connectivity index (χ3n) is 5.05. The number of hydrogen-bond donors (Lipinski definition) is 2. The van der Waals surface area contributed by atoms with Gasteiger partial charge in [0.15, 0.2) is 0 Å². The Bertz CT molecular complexity index is 1160. The van der Waals surface area contributed by atoms with Crippen LogP contribution in [0, 0.1) is 0 Å². The fraction of sp³-hybridized carbons (Fsp3) is 0.217. The van der Waals surface area contributed by atoms with Crippen LogP contribution in [-0.4, -0.2) is 39.7 Å². The lowest BCUT2D eigenvalue weighted by Gasteiger charge is -2.20. The number of anilines is 1. The second-order valence-corrected chi connectivity index (χ2v) is 6.84. The molecule has 0 aliphatic carbocycles. The van der Waals surface area contributed by atoms with Crippen molar-refractivity contribution < 1.29 is 19.8 Å². The molecule has 0 aliphatic rings. The number of azo groups is 1. The van der Waals surface area contributed by atoms with Crippen molar-refractivity contribution >= 4 is 28.3 Å². The molecule has 8 heteroatoms. The summed E-state index contributed by atoms with van der Waals surface area (Å²) in [6.07, 6.45) is 1.53. The zero-order valence-corrected chi connectivity index (χ0v) is 17.4. The molecule has 0 atom stereocenters. The number of nitrogens with zero attached hydrogens (tertiary/aromatic N) is 4. The second kappa shape index (κ2) is 9.25. The summed E-state index contributed by atoms with van der Waals surface area (Å²) in [6, 6.07) is 11.3. The average Bonchev–Trinajstić information content (AvgIpc) is 3.03.